The van der Waals surface area contributed by atoms with Gasteiger partial charge in [0.2, 0.25) is 5.91 Å². The SMILES string of the molecule is [2H]C([2H])=C([2H])C(=O)N[C@H]1C=C(C)c2c(-c3cnc4ccccc4c3)c3c(N)ncnc3n2C1. The minimum Gasteiger partial charge on any atom is -0.383 e. The minimum atomic E-state index is -0.831. The standard InChI is InChI=1S/C23H20N6O/c1-3-18(30)28-16-8-13(2)21-19(15-9-14-6-4-5-7-17(14)25-10-15)20-22(24)26-12-27-23(20)29(21)11-16/h3-10,12,16H,1,11H2,2H3,(H,28,30)(H2,24,26,27)/t16-/m0/s1/i1D2,3D. The average Bonchev–Trinajstić information content (AvgIpc) is 3.14. The Kier molecular flexibility index (Phi) is 3.38. The lowest BCUT2D eigenvalue weighted by Gasteiger charge is -2.24. The van der Waals surface area contributed by atoms with Crippen molar-refractivity contribution in [1.29, 1.82) is 0 Å². The van der Waals surface area contributed by atoms with Gasteiger partial charge in [0.1, 0.15) is 17.8 Å². The maximum absolute atomic E-state index is 12.3. The molecule has 0 bridgehead atoms. The summed E-state index contributed by atoms with van der Waals surface area (Å²) < 4.78 is 24.0. The normalized spacial score (nSPS) is 16.9. The molecule has 0 spiro atoms. The number of nitrogen functional groups attached to an aromatic ring is 1. The van der Waals surface area contributed by atoms with Crippen LogP contribution in [0.25, 0.3) is 38.6 Å². The van der Waals surface area contributed by atoms with Crippen molar-refractivity contribution in [1.82, 2.24) is 24.8 Å². The van der Waals surface area contributed by atoms with Gasteiger partial charge in [-0.05, 0) is 30.7 Å². The summed E-state index contributed by atoms with van der Waals surface area (Å²) in [6, 6.07) is 8.80. The number of nitrogens with two attached hydrogens (primary N) is 1. The Labute approximate surface area is 177 Å². The largest absolute Gasteiger partial charge is 0.383 e. The third-order valence-corrected chi connectivity index (χ3v) is 5.38. The Morgan fingerprint density at radius 3 is 3.13 bits per heavy atom. The van der Waals surface area contributed by atoms with Crippen LogP contribution < -0.4 is 11.1 Å². The van der Waals surface area contributed by atoms with Gasteiger partial charge in [0, 0.05) is 29.3 Å². The van der Waals surface area contributed by atoms with Crippen LogP contribution in [0.2, 0.25) is 0 Å². The molecule has 1 aliphatic heterocycles. The number of para-hydroxylation sites is 1. The molecule has 1 atom stereocenters. The Morgan fingerprint density at radius 2 is 2.27 bits per heavy atom. The van der Waals surface area contributed by atoms with E-state index < -0.39 is 24.5 Å². The molecule has 0 saturated carbocycles. The van der Waals surface area contributed by atoms with Crippen molar-refractivity contribution >= 4 is 39.2 Å². The van der Waals surface area contributed by atoms with Gasteiger partial charge in [0.05, 0.1) is 26.8 Å². The first-order chi connectivity index (χ1) is 15.8. The molecule has 0 unspecified atom stereocenters. The first kappa shape index (κ1) is 14.9. The zero-order valence-corrected chi connectivity index (χ0v) is 16.2. The third kappa shape index (κ3) is 2.75. The number of anilines is 1. The first-order valence-electron chi connectivity index (χ1n) is 11.0. The predicted molar refractivity (Wildman–Crippen MR) is 118 cm³/mol. The number of hydrogen-bond donors (Lipinski definition) is 2. The van der Waals surface area contributed by atoms with E-state index in [9.17, 15) is 4.79 Å². The maximum atomic E-state index is 12.3. The third-order valence-electron chi connectivity index (χ3n) is 5.38. The van der Waals surface area contributed by atoms with Crippen molar-refractivity contribution < 1.29 is 8.91 Å². The molecule has 0 radical (unpaired) electrons. The molecule has 1 amide bonds. The van der Waals surface area contributed by atoms with E-state index in [4.69, 9.17) is 9.85 Å². The van der Waals surface area contributed by atoms with Crippen LogP contribution in [-0.2, 0) is 11.3 Å². The molecule has 0 fully saturated rings. The molecule has 0 aliphatic carbocycles. The van der Waals surface area contributed by atoms with Crippen molar-refractivity contribution in [3.63, 3.8) is 0 Å². The zero-order valence-electron chi connectivity index (χ0n) is 19.2. The number of nitrogens with zero attached hydrogens (tertiary/aromatic N) is 4. The number of benzene rings is 1. The van der Waals surface area contributed by atoms with E-state index >= 15 is 0 Å². The van der Waals surface area contributed by atoms with E-state index in [1.54, 1.807) is 0 Å². The molecule has 148 valence electrons. The van der Waals surface area contributed by atoms with Crippen LogP contribution in [0, 0.1) is 0 Å². The highest BCUT2D eigenvalue weighted by Gasteiger charge is 2.28. The summed E-state index contributed by atoms with van der Waals surface area (Å²) in [7, 11) is 0. The lowest BCUT2D eigenvalue weighted by molar-refractivity contribution is -0.116. The van der Waals surface area contributed by atoms with Crippen molar-refractivity contribution in [2.45, 2.75) is 19.5 Å². The number of nitrogens with one attached hydrogen (secondary N) is 1. The fourth-order valence-corrected chi connectivity index (χ4v) is 4.19. The summed E-state index contributed by atoms with van der Waals surface area (Å²) in [6.45, 7) is 1.45. The molecule has 0 saturated heterocycles. The van der Waals surface area contributed by atoms with Crippen molar-refractivity contribution in [2.75, 3.05) is 5.73 Å². The number of carbonyl (C=O) groups is 1. The van der Waals surface area contributed by atoms with E-state index in [2.05, 4.69) is 26.3 Å². The second kappa shape index (κ2) is 6.81. The number of carbonyl (C=O) groups excluding carboxylic acids is 1. The highest BCUT2D eigenvalue weighted by atomic mass is 16.1. The van der Waals surface area contributed by atoms with E-state index in [1.165, 1.54) is 6.33 Å². The minimum absolute atomic E-state index is 0.350. The molecule has 30 heavy (non-hydrogen) atoms. The molecule has 4 aromatic rings. The second-order valence-corrected chi connectivity index (χ2v) is 7.26. The topological polar surface area (TPSA) is 98.7 Å². The quantitative estimate of drug-likeness (QED) is 0.515. The van der Waals surface area contributed by atoms with E-state index in [0.29, 0.717) is 23.4 Å². The summed E-state index contributed by atoms with van der Waals surface area (Å²) in [6.07, 6.45) is 5.12. The van der Waals surface area contributed by atoms with Gasteiger partial charge in [-0.1, -0.05) is 30.8 Å². The maximum Gasteiger partial charge on any atom is 0.243 e. The summed E-state index contributed by atoms with van der Waals surface area (Å²) in [5.74, 6) is -0.417. The van der Waals surface area contributed by atoms with Gasteiger partial charge < -0.3 is 15.6 Å². The number of amides is 1. The van der Waals surface area contributed by atoms with Crippen LogP contribution in [0.3, 0.4) is 0 Å². The monoisotopic (exact) mass is 399 g/mol. The van der Waals surface area contributed by atoms with Gasteiger partial charge in [0.25, 0.3) is 0 Å². The molecule has 3 aromatic heterocycles. The Bertz CT molecular complexity index is 1500. The van der Waals surface area contributed by atoms with E-state index in [0.717, 1.165) is 33.3 Å². The fraction of sp³-hybridized carbons (Fsp3) is 0.130. The summed E-state index contributed by atoms with van der Waals surface area (Å²) >= 11 is 0. The number of pyridine rings is 1. The van der Waals surface area contributed by atoms with Crippen molar-refractivity contribution in [3.05, 3.63) is 67.2 Å². The van der Waals surface area contributed by atoms with E-state index in [1.807, 2.05) is 48.0 Å². The molecule has 7 heteroatoms. The lowest BCUT2D eigenvalue weighted by Crippen LogP contribution is -2.37. The van der Waals surface area contributed by atoms with Gasteiger partial charge >= 0.3 is 0 Å². The molecule has 1 aromatic carbocycles. The smallest absolute Gasteiger partial charge is 0.243 e. The molecule has 7 nitrogen and oxygen atoms in total. The van der Waals surface area contributed by atoms with Crippen LogP contribution in [-0.4, -0.2) is 31.5 Å². The number of rotatable bonds is 3. The van der Waals surface area contributed by atoms with Crippen LogP contribution in [0.4, 0.5) is 5.82 Å². The van der Waals surface area contributed by atoms with Crippen LogP contribution >= 0.6 is 0 Å². The molecule has 4 heterocycles. The zero-order chi connectivity index (χ0) is 23.3. The van der Waals surface area contributed by atoms with Gasteiger partial charge in [-0.25, -0.2) is 9.97 Å². The van der Waals surface area contributed by atoms with Crippen LogP contribution in [0.5, 0.6) is 0 Å². The molecule has 5 rings (SSSR count). The molecular weight excluding hydrogens is 376 g/mol. The number of fused-ring (bicyclic) bond motifs is 4. The number of hydrogen-bond acceptors (Lipinski definition) is 5. The second-order valence-electron chi connectivity index (χ2n) is 7.26. The molecule has 3 N–H and O–H groups in total. The highest BCUT2D eigenvalue weighted by Crippen LogP contribution is 2.41. The van der Waals surface area contributed by atoms with Gasteiger partial charge in [0.15, 0.2) is 0 Å². The van der Waals surface area contributed by atoms with Crippen molar-refractivity contribution in [3.8, 4) is 11.1 Å². The highest BCUT2D eigenvalue weighted by molar-refractivity contribution is 6.07. The Morgan fingerprint density at radius 1 is 1.40 bits per heavy atom. The first-order valence-corrected chi connectivity index (χ1v) is 9.46. The van der Waals surface area contributed by atoms with Gasteiger partial charge in [-0.2, -0.15) is 0 Å². The van der Waals surface area contributed by atoms with Crippen molar-refractivity contribution in [2.24, 2.45) is 0 Å². The van der Waals surface area contributed by atoms with E-state index in [-0.39, 0.29) is 0 Å². The predicted octanol–water partition coefficient (Wildman–Crippen LogP) is 3.32. The number of allylic oxidation sites excluding steroid dienone is 1. The summed E-state index contributed by atoms with van der Waals surface area (Å²) in [5.41, 5.74) is 11.4. The average molecular weight is 399 g/mol. The fourth-order valence-electron chi connectivity index (χ4n) is 4.19. The lowest BCUT2D eigenvalue weighted by atomic mass is 9.97. The number of aromatic nitrogens is 4. The van der Waals surface area contributed by atoms with Crippen LogP contribution in [0.15, 0.2) is 61.5 Å². The van der Waals surface area contributed by atoms with Gasteiger partial charge in [-0.15, -0.1) is 0 Å². The Balaban J connectivity index is 1.68. The Hall–Kier alpha value is -4.00. The molecular formula is C23H20N6O. The summed E-state index contributed by atoms with van der Waals surface area (Å²) in [4.78, 5) is 25.5. The molecule has 1 aliphatic rings. The van der Waals surface area contributed by atoms with Gasteiger partial charge in [-0.3, -0.25) is 9.78 Å². The summed E-state index contributed by atoms with van der Waals surface area (Å²) in [5, 5.41) is 4.43. The van der Waals surface area contributed by atoms with Crippen LogP contribution in [0.1, 0.15) is 16.7 Å².